The smallest absolute Gasteiger partial charge is 0.124 e. The molecule has 5 heteroatoms. The summed E-state index contributed by atoms with van der Waals surface area (Å²) >= 11 is 6.06. The molecule has 0 radical (unpaired) electrons. The van der Waals surface area contributed by atoms with Gasteiger partial charge < -0.3 is 15.7 Å². The van der Waals surface area contributed by atoms with Gasteiger partial charge in [0.2, 0.25) is 0 Å². The van der Waals surface area contributed by atoms with E-state index in [1.807, 2.05) is 6.07 Å². The number of rotatable bonds is 2. The van der Waals surface area contributed by atoms with Crippen molar-refractivity contribution in [2.45, 2.75) is 18.9 Å². The number of aliphatic hydroxyl groups is 1. The van der Waals surface area contributed by atoms with Crippen molar-refractivity contribution in [2.75, 3.05) is 18.0 Å². The minimum absolute atomic E-state index is 0.0595. The Morgan fingerprint density at radius 2 is 2.16 bits per heavy atom. The lowest BCUT2D eigenvalue weighted by Crippen LogP contribution is -2.27. The molecule has 3 unspecified atom stereocenters. The highest BCUT2D eigenvalue weighted by atomic mass is 35.5. The average Bonchev–Trinajstić information content (AvgIpc) is 2.91. The van der Waals surface area contributed by atoms with E-state index in [-0.39, 0.29) is 11.9 Å². The number of benzene rings is 1. The van der Waals surface area contributed by atoms with Gasteiger partial charge in [-0.2, -0.15) is 0 Å². The summed E-state index contributed by atoms with van der Waals surface area (Å²) in [5.74, 6) is 0.955. The third-order valence-electron chi connectivity index (χ3n) is 4.41. The Labute approximate surface area is 117 Å². The fourth-order valence-electron chi connectivity index (χ4n) is 3.43. The van der Waals surface area contributed by atoms with Gasteiger partial charge >= 0.3 is 0 Å². The molecule has 3 atom stereocenters. The van der Waals surface area contributed by atoms with Crippen molar-refractivity contribution >= 4 is 23.1 Å². The van der Waals surface area contributed by atoms with Crippen molar-refractivity contribution in [3.8, 4) is 0 Å². The number of hydrogen-bond donors (Lipinski definition) is 3. The van der Waals surface area contributed by atoms with E-state index in [1.54, 1.807) is 12.1 Å². The van der Waals surface area contributed by atoms with Gasteiger partial charge in [-0.1, -0.05) is 11.6 Å². The predicted octanol–water partition coefficient (Wildman–Crippen LogP) is 1.83. The van der Waals surface area contributed by atoms with E-state index >= 15 is 0 Å². The summed E-state index contributed by atoms with van der Waals surface area (Å²) in [6.45, 7) is 1.74. The van der Waals surface area contributed by atoms with E-state index < -0.39 is 0 Å². The van der Waals surface area contributed by atoms with Crippen LogP contribution in [0.2, 0.25) is 5.02 Å². The first-order valence-electron chi connectivity index (χ1n) is 6.63. The Morgan fingerprint density at radius 3 is 2.84 bits per heavy atom. The van der Waals surface area contributed by atoms with E-state index in [1.165, 1.54) is 0 Å². The number of nitrogens with zero attached hydrogens (tertiary/aromatic N) is 1. The molecule has 4 nitrogen and oxygen atoms in total. The minimum Gasteiger partial charge on any atom is -0.393 e. The number of nitrogens with one attached hydrogen (secondary N) is 1. The maximum atomic E-state index is 9.98. The first-order chi connectivity index (χ1) is 9.06. The lowest BCUT2D eigenvalue weighted by molar-refractivity contribution is 0.133. The van der Waals surface area contributed by atoms with Crippen LogP contribution in [0.15, 0.2) is 18.2 Å². The first-order valence-corrected chi connectivity index (χ1v) is 7.01. The molecule has 1 heterocycles. The number of hydrogen-bond acceptors (Lipinski definition) is 3. The molecule has 0 bridgehead atoms. The number of aliphatic hydroxyl groups excluding tert-OH is 1. The highest BCUT2D eigenvalue weighted by Gasteiger charge is 2.42. The largest absolute Gasteiger partial charge is 0.393 e. The molecule has 1 saturated heterocycles. The Balaban J connectivity index is 1.91. The second-order valence-electron chi connectivity index (χ2n) is 5.55. The zero-order valence-corrected chi connectivity index (χ0v) is 11.4. The Kier molecular flexibility index (Phi) is 3.15. The maximum Gasteiger partial charge on any atom is 0.124 e. The molecular weight excluding hydrogens is 262 g/mol. The SMILES string of the molecule is N=C(N)c1ccc(Cl)cc1N1CC2CCC(O)C2C1. The highest BCUT2D eigenvalue weighted by molar-refractivity contribution is 6.31. The number of nitrogens with two attached hydrogens (primary N) is 1. The lowest BCUT2D eigenvalue weighted by atomic mass is 10.00. The van der Waals surface area contributed by atoms with E-state index in [0.717, 1.165) is 37.2 Å². The van der Waals surface area contributed by atoms with Crippen LogP contribution in [0.25, 0.3) is 0 Å². The van der Waals surface area contributed by atoms with E-state index in [2.05, 4.69) is 4.90 Å². The number of halogens is 1. The van der Waals surface area contributed by atoms with E-state index in [9.17, 15) is 5.11 Å². The number of anilines is 1. The lowest BCUT2D eigenvalue weighted by Gasteiger charge is -2.23. The molecule has 1 aromatic carbocycles. The molecule has 1 aromatic rings. The number of amidine groups is 1. The van der Waals surface area contributed by atoms with Crippen molar-refractivity contribution in [3.63, 3.8) is 0 Å². The summed E-state index contributed by atoms with van der Waals surface area (Å²) in [5, 5.41) is 18.3. The summed E-state index contributed by atoms with van der Waals surface area (Å²) in [6, 6.07) is 5.42. The van der Waals surface area contributed by atoms with Gasteiger partial charge in [-0.05, 0) is 37.0 Å². The van der Waals surface area contributed by atoms with Crippen LogP contribution in [-0.2, 0) is 0 Å². The first kappa shape index (κ1) is 12.8. The molecule has 2 fully saturated rings. The third kappa shape index (κ3) is 2.19. The Morgan fingerprint density at radius 1 is 1.37 bits per heavy atom. The van der Waals surface area contributed by atoms with Crippen LogP contribution >= 0.6 is 11.6 Å². The van der Waals surface area contributed by atoms with Crippen LogP contribution in [0.4, 0.5) is 5.69 Å². The normalized spacial score (nSPS) is 29.6. The average molecular weight is 280 g/mol. The quantitative estimate of drug-likeness (QED) is 0.571. The van der Waals surface area contributed by atoms with Gasteiger partial charge in [0.15, 0.2) is 0 Å². The van der Waals surface area contributed by atoms with Gasteiger partial charge in [-0.25, -0.2) is 0 Å². The van der Waals surface area contributed by atoms with E-state index in [4.69, 9.17) is 22.7 Å². The third-order valence-corrected chi connectivity index (χ3v) is 4.64. The van der Waals surface area contributed by atoms with Gasteiger partial charge in [0, 0.05) is 35.3 Å². The second-order valence-corrected chi connectivity index (χ2v) is 5.99. The fourth-order valence-corrected chi connectivity index (χ4v) is 3.59. The van der Waals surface area contributed by atoms with Gasteiger partial charge in [-0.15, -0.1) is 0 Å². The van der Waals surface area contributed by atoms with Gasteiger partial charge in [0.25, 0.3) is 0 Å². The second kappa shape index (κ2) is 4.69. The Bertz CT molecular complexity index is 519. The zero-order valence-electron chi connectivity index (χ0n) is 10.6. The summed E-state index contributed by atoms with van der Waals surface area (Å²) in [4.78, 5) is 2.21. The molecule has 4 N–H and O–H groups in total. The molecule has 1 aliphatic carbocycles. The molecule has 19 heavy (non-hydrogen) atoms. The van der Waals surface area contributed by atoms with Gasteiger partial charge in [0.05, 0.1) is 6.10 Å². The van der Waals surface area contributed by atoms with Crippen molar-refractivity contribution in [3.05, 3.63) is 28.8 Å². The van der Waals surface area contributed by atoms with Gasteiger partial charge in [-0.3, -0.25) is 5.41 Å². The van der Waals surface area contributed by atoms with Crippen LogP contribution in [0.3, 0.4) is 0 Å². The molecule has 0 spiro atoms. The molecule has 0 aromatic heterocycles. The van der Waals surface area contributed by atoms with Crippen molar-refractivity contribution in [1.29, 1.82) is 5.41 Å². The zero-order chi connectivity index (χ0) is 13.6. The Hall–Kier alpha value is -1.26. The molecule has 0 amide bonds. The van der Waals surface area contributed by atoms with Crippen LogP contribution in [0, 0.1) is 17.2 Å². The topological polar surface area (TPSA) is 73.3 Å². The van der Waals surface area contributed by atoms with Crippen molar-refractivity contribution in [2.24, 2.45) is 17.6 Å². The summed E-state index contributed by atoms with van der Waals surface area (Å²) < 4.78 is 0. The number of fused-ring (bicyclic) bond motifs is 1. The van der Waals surface area contributed by atoms with Gasteiger partial charge in [0.1, 0.15) is 5.84 Å². The van der Waals surface area contributed by atoms with Crippen LogP contribution in [0.5, 0.6) is 0 Å². The fraction of sp³-hybridized carbons (Fsp3) is 0.500. The van der Waals surface area contributed by atoms with Crippen molar-refractivity contribution < 1.29 is 5.11 Å². The van der Waals surface area contributed by atoms with Crippen LogP contribution in [0.1, 0.15) is 18.4 Å². The summed E-state index contributed by atoms with van der Waals surface area (Å²) in [5.41, 5.74) is 7.28. The number of nitrogen functional groups attached to an aromatic ring is 1. The summed E-state index contributed by atoms with van der Waals surface area (Å²) in [6.07, 6.45) is 1.81. The highest BCUT2D eigenvalue weighted by Crippen LogP contribution is 2.41. The maximum absolute atomic E-state index is 9.98. The van der Waals surface area contributed by atoms with E-state index in [0.29, 0.717) is 16.9 Å². The predicted molar refractivity (Wildman–Crippen MR) is 76.9 cm³/mol. The van der Waals surface area contributed by atoms with Crippen LogP contribution in [-0.4, -0.2) is 30.1 Å². The van der Waals surface area contributed by atoms with Crippen molar-refractivity contribution in [1.82, 2.24) is 0 Å². The summed E-state index contributed by atoms with van der Waals surface area (Å²) in [7, 11) is 0. The molecule has 1 saturated carbocycles. The molecule has 2 aliphatic rings. The molecule has 1 aliphatic heterocycles. The molecule has 102 valence electrons. The molecular formula is C14H18ClN3O. The molecule has 3 rings (SSSR count). The van der Waals surface area contributed by atoms with Crippen LogP contribution < -0.4 is 10.6 Å². The minimum atomic E-state index is -0.185. The monoisotopic (exact) mass is 279 g/mol. The standard InChI is InChI=1S/C14H18ClN3O/c15-9-2-3-10(14(16)17)12(5-9)18-6-8-1-4-13(19)11(8)7-18/h2-3,5,8,11,13,19H,1,4,6-7H2,(H3,16,17).